The molecule has 0 bridgehead atoms. The molecule has 0 spiro atoms. The highest BCUT2D eigenvalue weighted by Crippen LogP contribution is 2.16. The number of aryl methyl sites for hydroxylation is 2. The first-order valence-electron chi connectivity index (χ1n) is 7.71. The minimum atomic E-state index is -0.381. The van der Waals surface area contributed by atoms with Gasteiger partial charge in [0.05, 0.1) is 10.6 Å². The zero-order valence-corrected chi connectivity index (χ0v) is 13.2. The van der Waals surface area contributed by atoms with E-state index in [9.17, 15) is 10.1 Å². The molecule has 1 N–H and O–H groups in total. The number of nitro groups is 1. The molecule has 7 nitrogen and oxygen atoms in total. The number of nitrogens with zero attached hydrogens (tertiary/aromatic N) is 4. The van der Waals surface area contributed by atoms with E-state index in [-0.39, 0.29) is 10.6 Å². The maximum absolute atomic E-state index is 10.6. The number of fused-ring (bicyclic) bond motifs is 1. The lowest BCUT2D eigenvalue weighted by Crippen LogP contribution is -1.96. The van der Waals surface area contributed by atoms with Crippen LogP contribution < -0.4 is 0 Å². The third-order valence-electron chi connectivity index (χ3n) is 3.82. The summed E-state index contributed by atoms with van der Waals surface area (Å²) in [6.45, 7) is 4.21. The first kappa shape index (κ1) is 15.2. The summed E-state index contributed by atoms with van der Waals surface area (Å²) in [6, 6.07) is 8.73. The van der Waals surface area contributed by atoms with Crippen molar-refractivity contribution in [2.75, 3.05) is 0 Å². The number of hydrogen-bond donors (Lipinski definition) is 1. The first-order valence-corrected chi connectivity index (χ1v) is 7.71. The summed E-state index contributed by atoms with van der Waals surface area (Å²) in [5.41, 5.74) is 3.16. The average molecular weight is 313 g/mol. The third kappa shape index (κ3) is 3.39. The van der Waals surface area contributed by atoms with Crippen molar-refractivity contribution in [2.24, 2.45) is 0 Å². The van der Waals surface area contributed by atoms with Gasteiger partial charge in [0, 0.05) is 24.6 Å². The normalized spacial score (nSPS) is 11.4. The van der Waals surface area contributed by atoms with Crippen molar-refractivity contribution in [3.05, 3.63) is 57.5 Å². The fraction of sp³-hybridized carbons (Fsp3) is 0.375. The van der Waals surface area contributed by atoms with Crippen LogP contribution in [0.4, 0.5) is 5.69 Å². The van der Waals surface area contributed by atoms with Crippen molar-refractivity contribution >= 4 is 11.3 Å². The lowest BCUT2D eigenvalue weighted by Gasteiger charge is -2.00. The van der Waals surface area contributed by atoms with Crippen LogP contribution in [0.1, 0.15) is 43.3 Å². The predicted molar refractivity (Wildman–Crippen MR) is 86.5 cm³/mol. The van der Waals surface area contributed by atoms with Crippen LogP contribution in [0.2, 0.25) is 0 Å². The lowest BCUT2D eigenvalue weighted by atomic mass is 10.1. The topological polar surface area (TPSA) is 89.1 Å². The molecule has 7 heteroatoms. The van der Waals surface area contributed by atoms with Crippen molar-refractivity contribution in [1.29, 1.82) is 0 Å². The molecule has 2 aromatic heterocycles. The van der Waals surface area contributed by atoms with Crippen LogP contribution in [0.15, 0.2) is 30.3 Å². The van der Waals surface area contributed by atoms with E-state index < -0.39 is 0 Å². The Hall–Kier alpha value is -2.70. The van der Waals surface area contributed by atoms with Gasteiger partial charge in [0.15, 0.2) is 5.65 Å². The Morgan fingerprint density at radius 3 is 2.57 bits per heavy atom. The minimum absolute atomic E-state index is 0.127. The van der Waals surface area contributed by atoms with Crippen molar-refractivity contribution in [1.82, 2.24) is 19.8 Å². The molecule has 0 atom stereocenters. The standard InChI is InChI=1S/C16H19N5O2/c1-11(2)14-10-16-17-15(19-20(16)18-14)5-3-4-12-6-8-13(9-7-12)21(22)23/h6-11H,3-5H2,1-2H3,(H,17,19). The summed E-state index contributed by atoms with van der Waals surface area (Å²) >= 11 is 0. The Morgan fingerprint density at radius 2 is 1.96 bits per heavy atom. The van der Waals surface area contributed by atoms with Gasteiger partial charge >= 0.3 is 0 Å². The van der Waals surface area contributed by atoms with Crippen molar-refractivity contribution < 1.29 is 4.92 Å². The number of benzene rings is 1. The molecule has 2 heterocycles. The second-order valence-electron chi connectivity index (χ2n) is 5.95. The van der Waals surface area contributed by atoms with Gasteiger partial charge in [-0.1, -0.05) is 26.0 Å². The Balaban J connectivity index is 1.57. The summed E-state index contributed by atoms with van der Waals surface area (Å²) in [6.07, 6.45) is 2.60. The van der Waals surface area contributed by atoms with E-state index in [2.05, 4.69) is 29.0 Å². The summed E-state index contributed by atoms with van der Waals surface area (Å²) in [4.78, 5) is 13.5. The van der Waals surface area contributed by atoms with Crippen LogP contribution in [-0.4, -0.2) is 24.7 Å². The third-order valence-corrected chi connectivity index (χ3v) is 3.82. The predicted octanol–water partition coefficient (Wildman–Crippen LogP) is 3.26. The van der Waals surface area contributed by atoms with E-state index in [0.29, 0.717) is 5.92 Å². The maximum atomic E-state index is 10.6. The molecule has 0 aliphatic carbocycles. The van der Waals surface area contributed by atoms with Crippen molar-refractivity contribution in [3.8, 4) is 0 Å². The van der Waals surface area contributed by atoms with Crippen LogP contribution in [-0.2, 0) is 12.8 Å². The van der Waals surface area contributed by atoms with E-state index in [1.54, 1.807) is 16.8 Å². The monoisotopic (exact) mass is 313 g/mol. The summed E-state index contributed by atoms with van der Waals surface area (Å²) < 4.78 is 1.65. The first-order chi connectivity index (χ1) is 11.0. The fourth-order valence-electron chi connectivity index (χ4n) is 2.48. The molecule has 0 radical (unpaired) electrons. The van der Waals surface area contributed by atoms with Gasteiger partial charge in [0.2, 0.25) is 0 Å². The van der Waals surface area contributed by atoms with Gasteiger partial charge in [-0.2, -0.15) is 5.10 Å². The van der Waals surface area contributed by atoms with E-state index in [0.717, 1.165) is 42.0 Å². The molecule has 3 aromatic rings. The zero-order valence-electron chi connectivity index (χ0n) is 13.2. The Morgan fingerprint density at radius 1 is 1.22 bits per heavy atom. The zero-order chi connectivity index (χ0) is 16.4. The lowest BCUT2D eigenvalue weighted by molar-refractivity contribution is -0.384. The quantitative estimate of drug-likeness (QED) is 0.558. The van der Waals surface area contributed by atoms with Gasteiger partial charge in [0.25, 0.3) is 5.69 Å². The molecule has 0 saturated carbocycles. The van der Waals surface area contributed by atoms with Crippen molar-refractivity contribution in [2.45, 2.75) is 39.0 Å². The molecule has 0 aliphatic rings. The van der Waals surface area contributed by atoms with E-state index >= 15 is 0 Å². The summed E-state index contributed by atoms with van der Waals surface area (Å²) in [5.74, 6) is 1.29. The smallest absolute Gasteiger partial charge is 0.269 e. The number of non-ortho nitro benzene ring substituents is 1. The number of H-pyrrole nitrogens is 1. The number of aromatic amines is 1. The van der Waals surface area contributed by atoms with Crippen LogP contribution in [0.5, 0.6) is 0 Å². The number of hydrogen-bond acceptors (Lipinski definition) is 4. The van der Waals surface area contributed by atoms with Crippen LogP contribution in [0.3, 0.4) is 0 Å². The van der Waals surface area contributed by atoms with Gasteiger partial charge in [-0.05, 0) is 24.3 Å². The molecule has 0 amide bonds. The molecule has 0 unspecified atom stereocenters. The summed E-state index contributed by atoms with van der Waals surface area (Å²) in [7, 11) is 0. The molecular weight excluding hydrogens is 294 g/mol. The van der Waals surface area contributed by atoms with Gasteiger partial charge in [-0.25, -0.2) is 0 Å². The highest BCUT2D eigenvalue weighted by Gasteiger charge is 2.10. The Labute approximate surface area is 133 Å². The highest BCUT2D eigenvalue weighted by atomic mass is 16.6. The minimum Gasteiger partial charge on any atom is -0.325 e. The van der Waals surface area contributed by atoms with Gasteiger partial charge < -0.3 is 4.98 Å². The largest absolute Gasteiger partial charge is 0.325 e. The number of nitro benzene ring substituents is 1. The molecule has 0 aliphatic heterocycles. The highest BCUT2D eigenvalue weighted by molar-refractivity contribution is 5.39. The number of aromatic nitrogens is 4. The molecule has 0 saturated heterocycles. The van der Waals surface area contributed by atoms with Gasteiger partial charge in [-0.3, -0.25) is 10.1 Å². The molecular formula is C16H19N5O2. The number of rotatable bonds is 6. The molecule has 120 valence electrons. The van der Waals surface area contributed by atoms with Crippen LogP contribution >= 0.6 is 0 Å². The molecule has 3 rings (SSSR count). The Bertz CT molecular complexity index is 785. The van der Waals surface area contributed by atoms with E-state index in [1.807, 2.05) is 18.2 Å². The van der Waals surface area contributed by atoms with Gasteiger partial charge in [0.1, 0.15) is 5.82 Å². The SMILES string of the molecule is CC(C)c1cc2[nH]c(CCCc3ccc([N+](=O)[O-])cc3)nn2n1. The average Bonchev–Trinajstić information content (AvgIpc) is 3.06. The fourth-order valence-corrected chi connectivity index (χ4v) is 2.48. The molecule has 1 aromatic carbocycles. The molecule has 23 heavy (non-hydrogen) atoms. The molecule has 0 fully saturated rings. The van der Waals surface area contributed by atoms with Crippen LogP contribution in [0.25, 0.3) is 5.65 Å². The number of nitrogens with one attached hydrogen (secondary N) is 1. The van der Waals surface area contributed by atoms with Crippen LogP contribution in [0, 0.1) is 10.1 Å². The maximum Gasteiger partial charge on any atom is 0.269 e. The second-order valence-corrected chi connectivity index (χ2v) is 5.95. The summed E-state index contributed by atoms with van der Waals surface area (Å²) in [5, 5.41) is 19.5. The Kier molecular flexibility index (Phi) is 4.10. The van der Waals surface area contributed by atoms with Gasteiger partial charge in [-0.15, -0.1) is 9.73 Å². The second kappa shape index (κ2) is 6.20. The van der Waals surface area contributed by atoms with E-state index in [4.69, 9.17) is 0 Å². The van der Waals surface area contributed by atoms with Crippen molar-refractivity contribution in [3.63, 3.8) is 0 Å². The van der Waals surface area contributed by atoms with E-state index in [1.165, 1.54) is 0 Å².